The average molecular weight is 405 g/mol. The molecule has 0 saturated heterocycles. The second kappa shape index (κ2) is 6.46. The quantitative estimate of drug-likeness (QED) is 0.783. The van der Waals surface area contributed by atoms with Gasteiger partial charge in [0.15, 0.2) is 11.5 Å². The van der Waals surface area contributed by atoms with Gasteiger partial charge in [0, 0.05) is 11.3 Å². The first-order valence-corrected chi connectivity index (χ1v) is 10.1. The van der Waals surface area contributed by atoms with Gasteiger partial charge in [0.25, 0.3) is 5.91 Å². The van der Waals surface area contributed by atoms with Gasteiger partial charge in [-0.05, 0) is 48.6 Å². The lowest BCUT2D eigenvalue weighted by Gasteiger charge is -2.39. The van der Waals surface area contributed by atoms with Crippen molar-refractivity contribution in [2.45, 2.75) is 51.5 Å². The highest BCUT2D eigenvalue weighted by Crippen LogP contribution is 2.53. The fraction of sp³-hybridized carbons (Fsp3) is 0.360. The van der Waals surface area contributed by atoms with Crippen LogP contribution in [0.15, 0.2) is 53.8 Å². The summed E-state index contributed by atoms with van der Waals surface area (Å²) in [6.45, 7) is 10.00. The van der Waals surface area contributed by atoms with E-state index < -0.39 is 23.1 Å². The Morgan fingerprint density at radius 1 is 1.03 bits per heavy atom. The summed E-state index contributed by atoms with van der Waals surface area (Å²) in [5, 5.41) is 10.7. The zero-order valence-electron chi connectivity index (χ0n) is 18.2. The number of hydrogen-bond donors (Lipinski definition) is 1. The molecule has 0 saturated carbocycles. The molecule has 1 heterocycles. The molecule has 30 heavy (non-hydrogen) atoms. The summed E-state index contributed by atoms with van der Waals surface area (Å²) in [6.07, 6.45) is 0. The van der Waals surface area contributed by atoms with E-state index in [-0.39, 0.29) is 16.8 Å². The van der Waals surface area contributed by atoms with Crippen molar-refractivity contribution in [1.82, 2.24) is 0 Å². The van der Waals surface area contributed by atoms with E-state index in [4.69, 9.17) is 4.74 Å². The third-order valence-corrected chi connectivity index (χ3v) is 6.26. The number of benzene rings is 2. The van der Waals surface area contributed by atoms with Crippen molar-refractivity contribution >= 4 is 17.4 Å². The highest BCUT2D eigenvalue weighted by atomic mass is 16.5. The number of amides is 1. The van der Waals surface area contributed by atoms with E-state index in [1.165, 1.54) is 4.90 Å². The molecule has 0 bridgehead atoms. The Kier molecular flexibility index (Phi) is 4.35. The molecular formula is C25H27NO4. The van der Waals surface area contributed by atoms with Gasteiger partial charge in [0.05, 0.1) is 24.1 Å². The van der Waals surface area contributed by atoms with Crippen molar-refractivity contribution in [1.29, 1.82) is 0 Å². The molecule has 0 radical (unpaired) electrons. The predicted octanol–water partition coefficient (Wildman–Crippen LogP) is 4.75. The van der Waals surface area contributed by atoms with E-state index in [1.54, 1.807) is 7.11 Å². The van der Waals surface area contributed by atoms with E-state index >= 15 is 0 Å². The molecule has 1 N–H and O–H groups in total. The normalized spacial score (nSPS) is 20.3. The van der Waals surface area contributed by atoms with Crippen LogP contribution >= 0.6 is 0 Å². The van der Waals surface area contributed by atoms with Gasteiger partial charge < -0.3 is 9.84 Å². The monoisotopic (exact) mass is 405 g/mol. The van der Waals surface area contributed by atoms with Gasteiger partial charge in [-0.1, -0.05) is 45.0 Å². The first-order chi connectivity index (χ1) is 14.0. The zero-order valence-corrected chi connectivity index (χ0v) is 18.2. The maximum absolute atomic E-state index is 13.4. The molecule has 1 aliphatic heterocycles. The molecule has 156 valence electrons. The Hall–Kier alpha value is -3.08. The summed E-state index contributed by atoms with van der Waals surface area (Å²) in [4.78, 5) is 28.0. The topological polar surface area (TPSA) is 66.8 Å². The summed E-state index contributed by atoms with van der Waals surface area (Å²) >= 11 is 0. The number of anilines is 1. The van der Waals surface area contributed by atoms with Crippen molar-refractivity contribution in [3.63, 3.8) is 0 Å². The number of carbonyl (C=O) groups is 2. The smallest absolute Gasteiger partial charge is 0.294 e. The minimum Gasteiger partial charge on any atom is -0.503 e. The maximum atomic E-state index is 13.4. The SMILES string of the molecule is COc1cccc2c1C1C(=C(O)C(=O)N1c1ccc(C(C)(C)C)cc1)C(=O)C2(C)C. The molecule has 5 nitrogen and oxygen atoms in total. The van der Waals surface area contributed by atoms with E-state index in [1.807, 2.05) is 56.3 Å². The largest absolute Gasteiger partial charge is 0.503 e. The number of carbonyl (C=O) groups excluding carboxylic acids is 2. The zero-order chi connectivity index (χ0) is 22.0. The molecule has 1 aliphatic carbocycles. The van der Waals surface area contributed by atoms with E-state index in [0.29, 0.717) is 11.4 Å². The molecule has 1 atom stereocenters. The summed E-state index contributed by atoms with van der Waals surface area (Å²) in [6, 6.07) is 12.5. The molecule has 0 fully saturated rings. The van der Waals surface area contributed by atoms with Crippen molar-refractivity contribution in [3.8, 4) is 5.75 Å². The van der Waals surface area contributed by atoms with Crippen LogP contribution in [0.1, 0.15) is 57.4 Å². The molecule has 0 spiro atoms. The minimum absolute atomic E-state index is 0.0280. The van der Waals surface area contributed by atoms with Crippen LogP contribution in [-0.4, -0.2) is 23.9 Å². The minimum atomic E-state index is -0.879. The fourth-order valence-corrected chi connectivity index (χ4v) is 4.51. The highest BCUT2D eigenvalue weighted by Gasteiger charge is 2.54. The lowest BCUT2D eigenvalue weighted by atomic mass is 9.67. The number of Topliss-reactive ketones (excluding diaryl/α,β-unsaturated/α-hetero) is 1. The molecule has 4 rings (SSSR count). The van der Waals surface area contributed by atoms with Crippen molar-refractivity contribution in [2.24, 2.45) is 0 Å². The van der Waals surface area contributed by atoms with Gasteiger partial charge in [0.1, 0.15) is 5.75 Å². The van der Waals surface area contributed by atoms with E-state index in [9.17, 15) is 14.7 Å². The molecule has 5 heteroatoms. The molecule has 2 aliphatic rings. The van der Waals surface area contributed by atoms with Crippen LogP contribution in [0.5, 0.6) is 5.75 Å². The number of ketones is 1. The summed E-state index contributed by atoms with van der Waals surface area (Å²) in [5.74, 6) is -0.696. The Bertz CT molecular complexity index is 1090. The van der Waals surface area contributed by atoms with E-state index in [0.717, 1.165) is 16.7 Å². The van der Waals surface area contributed by atoms with Crippen molar-refractivity contribution in [3.05, 3.63) is 70.5 Å². The molecule has 0 aromatic heterocycles. The molecule has 1 unspecified atom stereocenters. The van der Waals surface area contributed by atoms with Crippen LogP contribution in [0.2, 0.25) is 0 Å². The predicted molar refractivity (Wildman–Crippen MR) is 116 cm³/mol. The van der Waals surface area contributed by atoms with Gasteiger partial charge in [0.2, 0.25) is 0 Å². The Labute approximate surface area is 177 Å². The lowest BCUT2D eigenvalue weighted by molar-refractivity contribution is -0.121. The van der Waals surface area contributed by atoms with Gasteiger partial charge >= 0.3 is 0 Å². The van der Waals surface area contributed by atoms with Crippen molar-refractivity contribution < 1.29 is 19.4 Å². The molecule has 2 aromatic rings. The standard InChI is InChI=1S/C25H27NO4/c1-24(2,3)14-10-12-15(13-11-14)26-20-18-16(8-7-9-17(18)30-6)25(4,5)22(28)19(20)21(27)23(26)29/h7-13,20,27H,1-6H3. The molecule has 1 amide bonds. The summed E-state index contributed by atoms with van der Waals surface area (Å²) in [7, 11) is 1.57. The number of aliphatic hydroxyl groups is 1. The number of methoxy groups -OCH3 is 1. The van der Waals surface area contributed by atoms with Gasteiger partial charge in [-0.3, -0.25) is 14.5 Å². The number of aliphatic hydroxyl groups excluding tert-OH is 1. The summed E-state index contributed by atoms with van der Waals surface area (Å²) in [5.41, 5.74) is 2.55. The number of hydrogen-bond acceptors (Lipinski definition) is 4. The molecular weight excluding hydrogens is 378 g/mol. The highest BCUT2D eigenvalue weighted by molar-refractivity contribution is 6.20. The third-order valence-electron chi connectivity index (χ3n) is 6.26. The van der Waals surface area contributed by atoms with E-state index in [2.05, 4.69) is 20.8 Å². The number of rotatable bonds is 2. The van der Waals surface area contributed by atoms with Gasteiger partial charge in [-0.15, -0.1) is 0 Å². The first-order valence-electron chi connectivity index (χ1n) is 10.1. The first kappa shape index (κ1) is 20.2. The maximum Gasteiger partial charge on any atom is 0.294 e. The number of fused-ring (bicyclic) bond motifs is 3. The van der Waals surface area contributed by atoms with Crippen LogP contribution in [0, 0.1) is 0 Å². The van der Waals surface area contributed by atoms with Crippen LogP contribution in [0.3, 0.4) is 0 Å². The Morgan fingerprint density at radius 2 is 1.67 bits per heavy atom. The summed E-state index contributed by atoms with van der Waals surface area (Å²) < 4.78 is 5.61. The second-order valence-electron chi connectivity index (χ2n) is 9.51. The Balaban J connectivity index is 1.95. The third kappa shape index (κ3) is 2.68. The number of ether oxygens (including phenoxy) is 1. The van der Waals surface area contributed by atoms with Crippen molar-refractivity contribution in [2.75, 3.05) is 12.0 Å². The van der Waals surface area contributed by atoms with Crippen LogP contribution in [0.25, 0.3) is 0 Å². The average Bonchev–Trinajstić information content (AvgIpc) is 2.96. The van der Waals surface area contributed by atoms with Crippen LogP contribution in [-0.2, 0) is 20.4 Å². The lowest BCUT2D eigenvalue weighted by Crippen LogP contribution is -2.42. The van der Waals surface area contributed by atoms with Gasteiger partial charge in [-0.2, -0.15) is 0 Å². The number of nitrogens with zero attached hydrogens (tertiary/aromatic N) is 1. The fourth-order valence-electron chi connectivity index (χ4n) is 4.51. The van der Waals surface area contributed by atoms with Crippen LogP contribution < -0.4 is 9.64 Å². The van der Waals surface area contributed by atoms with Gasteiger partial charge in [-0.25, -0.2) is 0 Å². The molecule has 2 aromatic carbocycles. The Morgan fingerprint density at radius 3 is 2.23 bits per heavy atom. The second-order valence-corrected chi connectivity index (χ2v) is 9.51. The van der Waals surface area contributed by atoms with Crippen LogP contribution in [0.4, 0.5) is 5.69 Å².